The molecule has 1 aromatic carbocycles. The van der Waals surface area contributed by atoms with Gasteiger partial charge < -0.3 is 10.2 Å². The molecule has 2 aliphatic rings. The average molecular weight is 398 g/mol. The Morgan fingerprint density at radius 3 is 2.71 bits per heavy atom. The summed E-state index contributed by atoms with van der Waals surface area (Å²) in [6.45, 7) is 4.25. The van der Waals surface area contributed by atoms with E-state index in [0.29, 0.717) is 12.5 Å². The van der Waals surface area contributed by atoms with E-state index in [1.807, 2.05) is 36.1 Å². The lowest BCUT2D eigenvalue weighted by Gasteiger charge is -2.31. The molecule has 0 spiro atoms. The van der Waals surface area contributed by atoms with E-state index in [1.165, 1.54) is 5.01 Å². The lowest BCUT2D eigenvalue weighted by atomic mass is 9.97. The van der Waals surface area contributed by atoms with Crippen molar-refractivity contribution in [2.75, 3.05) is 19.6 Å². The monoisotopic (exact) mass is 397 g/mol. The molecular formula is C22H27N3O2S. The van der Waals surface area contributed by atoms with Crippen molar-refractivity contribution in [1.82, 2.24) is 15.2 Å². The number of carbonyl (C=O) groups excluding carboxylic acids is 2. The number of nitrogens with zero attached hydrogens (tertiary/aromatic N) is 2. The first-order valence-corrected chi connectivity index (χ1v) is 11.1. The van der Waals surface area contributed by atoms with Crippen molar-refractivity contribution in [1.29, 1.82) is 0 Å². The van der Waals surface area contributed by atoms with Crippen LogP contribution in [0.1, 0.15) is 58.2 Å². The van der Waals surface area contributed by atoms with Crippen molar-refractivity contribution >= 4 is 23.2 Å². The molecule has 28 heavy (non-hydrogen) atoms. The van der Waals surface area contributed by atoms with E-state index in [0.717, 1.165) is 62.0 Å². The van der Waals surface area contributed by atoms with Gasteiger partial charge in [0.15, 0.2) is 0 Å². The third-order valence-corrected chi connectivity index (χ3v) is 6.65. The van der Waals surface area contributed by atoms with E-state index < -0.39 is 0 Å². The van der Waals surface area contributed by atoms with E-state index in [2.05, 4.69) is 10.7 Å². The highest BCUT2D eigenvalue weighted by Gasteiger charge is 2.29. The molecule has 6 heteroatoms. The summed E-state index contributed by atoms with van der Waals surface area (Å²) in [6, 6.07) is 7.82. The lowest BCUT2D eigenvalue weighted by Crippen LogP contribution is -2.37. The molecule has 2 heterocycles. The number of carbonyl (C=O) groups is 2. The molecule has 1 aromatic heterocycles. The van der Waals surface area contributed by atoms with Crippen LogP contribution >= 0.6 is 11.3 Å². The van der Waals surface area contributed by atoms with Gasteiger partial charge in [-0.25, -0.2) is 4.98 Å². The Balaban J connectivity index is 1.26. The Labute approximate surface area is 170 Å². The van der Waals surface area contributed by atoms with Gasteiger partial charge in [0.2, 0.25) is 5.91 Å². The first-order valence-electron chi connectivity index (χ1n) is 10.2. The van der Waals surface area contributed by atoms with Crippen LogP contribution in [0.4, 0.5) is 0 Å². The number of hydrogen-bond donors (Lipinski definition) is 1. The molecule has 1 aliphatic heterocycles. The standard InChI is InChI=1S/C22H27N3O2S/c1-15-3-2-4-18(13-15)22(27)25-11-8-17(9-12-25)21-24-19(14-28-21)7-10-23-20(26)16-5-6-16/h2-4,13-14,16-17H,5-12H2,1H3,(H,23,26). The lowest BCUT2D eigenvalue weighted by molar-refractivity contribution is -0.122. The van der Waals surface area contributed by atoms with Crippen LogP contribution in [-0.4, -0.2) is 41.3 Å². The molecule has 1 N–H and O–H groups in total. The zero-order chi connectivity index (χ0) is 19.5. The second kappa shape index (κ2) is 8.43. The molecule has 2 amide bonds. The largest absolute Gasteiger partial charge is 0.355 e. The fourth-order valence-corrected chi connectivity index (χ4v) is 4.74. The Hall–Kier alpha value is -2.21. The molecule has 5 nitrogen and oxygen atoms in total. The molecule has 1 saturated carbocycles. The number of rotatable bonds is 6. The van der Waals surface area contributed by atoms with Gasteiger partial charge in [0, 0.05) is 48.8 Å². The highest BCUT2D eigenvalue weighted by molar-refractivity contribution is 7.09. The number of thiazole rings is 1. The maximum atomic E-state index is 12.7. The summed E-state index contributed by atoms with van der Waals surface area (Å²) in [6.07, 6.45) is 4.79. The molecule has 148 valence electrons. The average Bonchev–Trinajstić information content (AvgIpc) is 3.46. The van der Waals surface area contributed by atoms with Gasteiger partial charge in [0.25, 0.3) is 5.91 Å². The summed E-state index contributed by atoms with van der Waals surface area (Å²) >= 11 is 1.71. The summed E-state index contributed by atoms with van der Waals surface area (Å²) < 4.78 is 0. The van der Waals surface area contributed by atoms with Crippen molar-refractivity contribution in [3.8, 4) is 0 Å². The molecule has 1 saturated heterocycles. The third-order valence-electron chi connectivity index (χ3n) is 5.59. The maximum Gasteiger partial charge on any atom is 0.253 e. The van der Waals surface area contributed by atoms with E-state index in [1.54, 1.807) is 11.3 Å². The third kappa shape index (κ3) is 4.61. The molecule has 1 aliphatic carbocycles. The minimum absolute atomic E-state index is 0.133. The van der Waals surface area contributed by atoms with Crippen LogP contribution in [0.3, 0.4) is 0 Å². The minimum atomic E-state index is 0.133. The predicted molar refractivity (Wildman–Crippen MR) is 111 cm³/mol. The quantitative estimate of drug-likeness (QED) is 0.811. The molecule has 0 bridgehead atoms. The molecule has 0 radical (unpaired) electrons. The number of benzene rings is 1. The van der Waals surface area contributed by atoms with Crippen LogP contribution in [0.15, 0.2) is 29.6 Å². The van der Waals surface area contributed by atoms with Gasteiger partial charge in [-0.05, 0) is 44.7 Å². The predicted octanol–water partition coefficient (Wildman–Crippen LogP) is 3.54. The van der Waals surface area contributed by atoms with Crippen LogP contribution in [0.25, 0.3) is 0 Å². The van der Waals surface area contributed by atoms with Crippen molar-refractivity contribution in [3.63, 3.8) is 0 Å². The van der Waals surface area contributed by atoms with Gasteiger partial charge in [0.1, 0.15) is 0 Å². The second-order valence-corrected chi connectivity index (χ2v) is 8.82. The fraction of sp³-hybridized carbons (Fsp3) is 0.500. The van der Waals surface area contributed by atoms with Crippen LogP contribution in [0.2, 0.25) is 0 Å². The Bertz CT molecular complexity index is 851. The van der Waals surface area contributed by atoms with E-state index in [9.17, 15) is 9.59 Å². The summed E-state index contributed by atoms with van der Waals surface area (Å²) in [7, 11) is 0. The van der Waals surface area contributed by atoms with Crippen LogP contribution < -0.4 is 5.32 Å². The zero-order valence-corrected chi connectivity index (χ0v) is 17.1. The van der Waals surface area contributed by atoms with Crippen LogP contribution in [0.5, 0.6) is 0 Å². The first kappa shape index (κ1) is 19.1. The van der Waals surface area contributed by atoms with Gasteiger partial charge in [-0.15, -0.1) is 11.3 Å². The normalized spacial score (nSPS) is 17.5. The van der Waals surface area contributed by atoms with Gasteiger partial charge in [-0.3, -0.25) is 9.59 Å². The fourth-order valence-electron chi connectivity index (χ4n) is 3.72. The SMILES string of the molecule is Cc1cccc(C(=O)N2CCC(c3nc(CCNC(=O)C4CC4)cs3)CC2)c1. The summed E-state index contributed by atoms with van der Waals surface area (Å²) in [5.74, 6) is 1.02. The highest BCUT2D eigenvalue weighted by Crippen LogP contribution is 2.31. The first-order chi connectivity index (χ1) is 13.6. The number of likely N-dealkylation sites (tertiary alicyclic amines) is 1. The number of aromatic nitrogens is 1. The number of hydrogen-bond acceptors (Lipinski definition) is 4. The summed E-state index contributed by atoms with van der Waals surface area (Å²) in [4.78, 5) is 31.2. The molecule has 2 aromatic rings. The second-order valence-electron chi connectivity index (χ2n) is 7.93. The number of amides is 2. The van der Waals surface area contributed by atoms with Crippen LogP contribution in [0, 0.1) is 12.8 Å². The van der Waals surface area contributed by atoms with Gasteiger partial charge >= 0.3 is 0 Å². The zero-order valence-electron chi connectivity index (χ0n) is 16.3. The van der Waals surface area contributed by atoms with Gasteiger partial charge in [-0.1, -0.05) is 17.7 Å². The Morgan fingerprint density at radius 2 is 2.00 bits per heavy atom. The summed E-state index contributed by atoms with van der Waals surface area (Å²) in [5, 5.41) is 6.29. The van der Waals surface area contributed by atoms with E-state index in [-0.39, 0.29) is 17.7 Å². The summed E-state index contributed by atoms with van der Waals surface area (Å²) in [5.41, 5.74) is 2.96. The minimum Gasteiger partial charge on any atom is -0.355 e. The number of nitrogens with one attached hydrogen (secondary N) is 1. The van der Waals surface area contributed by atoms with Crippen molar-refractivity contribution in [3.05, 3.63) is 51.5 Å². The maximum absolute atomic E-state index is 12.7. The van der Waals surface area contributed by atoms with E-state index in [4.69, 9.17) is 4.98 Å². The molecule has 2 fully saturated rings. The smallest absolute Gasteiger partial charge is 0.253 e. The highest BCUT2D eigenvalue weighted by atomic mass is 32.1. The van der Waals surface area contributed by atoms with Gasteiger partial charge in [-0.2, -0.15) is 0 Å². The van der Waals surface area contributed by atoms with Crippen LogP contribution in [-0.2, 0) is 11.2 Å². The van der Waals surface area contributed by atoms with Crippen molar-refractivity contribution in [2.45, 2.75) is 44.9 Å². The van der Waals surface area contributed by atoms with Crippen molar-refractivity contribution < 1.29 is 9.59 Å². The number of piperidine rings is 1. The molecular weight excluding hydrogens is 370 g/mol. The number of aryl methyl sites for hydroxylation is 1. The Morgan fingerprint density at radius 1 is 1.21 bits per heavy atom. The molecule has 4 rings (SSSR count). The van der Waals surface area contributed by atoms with E-state index >= 15 is 0 Å². The Kier molecular flexibility index (Phi) is 5.76. The molecule has 0 unspecified atom stereocenters. The molecule has 0 atom stereocenters. The topological polar surface area (TPSA) is 62.3 Å². The van der Waals surface area contributed by atoms with Crippen molar-refractivity contribution in [2.24, 2.45) is 5.92 Å². The van der Waals surface area contributed by atoms with Gasteiger partial charge in [0.05, 0.1) is 10.7 Å².